The van der Waals surface area contributed by atoms with Crippen LogP contribution in [0.15, 0.2) is 48.9 Å². The number of anilines is 1. The molecule has 1 aromatic carbocycles. The van der Waals surface area contributed by atoms with Crippen molar-refractivity contribution >= 4 is 5.82 Å². The molecule has 0 spiro atoms. The van der Waals surface area contributed by atoms with Gasteiger partial charge in [-0.3, -0.25) is 4.98 Å². The lowest BCUT2D eigenvalue weighted by molar-refractivity contribution is 0.347. The van der Waals surface area contributed by atoms with Gasteiger partial charge < -0.3 is 10.1 Å². The van der Waals surface area contributed by atoms with E-state index in [0.29, 0.717) is 11.8 Å². The molecule has 0 aliphatic carbocycles. The molecule has 0 radical (unpaired) electrons. The summed E-state index contributed by atoms with van der Waals surface area (Å²) in [5.74, 6) is 2.75. The monoisotopic (exact) mass is 374 g/mol. The first-order chi connectivity index (χ1) is 13.6. The zero-order chi connectivity index (χ0) is 19.5. The molecule has 4 rings (SSSR count). The Morgan fingerprint density at radius 3 is 2.82 bits per heavy atom. The Bertz CT molecular complexity index is 955. The molecule has 3 aromatic rings. The van der Waals surface area contributed by atoms with Crippen LogP contribution in [0.3, 0.4) is 0 Å². The van der Waals surface area contributed by atoms with E-state index in [1.807, 2.05) is 31.3 Å². The van der Waals surface area contributed by atoms with Crippen LogP contribution in [0.2, 0.25) is 0 Å². The first kappa shape index (κ1) is 18.4. The minimum Gasteiger partial charge on any atom is -0.493 e. The van der Waals surface area contributed by atoms with Gasteiger partial charge in [0, 0.05) is 36.5 Å². The summed E-state index contributed by atoms with van der Waals surface area (Å²) in [6, 6.07) is 12.5. The molecule has 2 aromatic heterocycles. The van der Waals surface area contributed by atoms with Crippen LogP contribution in [0.4, 0.5) is 5.82 Å². The van der Waals surface area contributed by atoms with Gasteiger partial charge in [-0.25, -0.2) is 9.97 Å². The standard InChI is InChI=1S/C23H26N4O/c1-15(17(3)20-6-4-5-18-9-10-28-23(18)20)12-25-22-11-21(26-14-27-22)19-8-7-16(2)24-13-19/h4-8,11,13-15,17H,9-10,12H2,1-3H3,(H,25,26,27)/t15-,17?/m1/s1. The van der Waals surface area contributed by atoms with Gasteiger partial charge in [-0.1, -0.05) is 32.0 Å². The lowest BCUT2D eigenvalue weighted by atomic mass is 9.87. The molecule has 1 unspecified atom stereocenters. The number of aromatic nitrogens is 3. The molecule has 0 saturated heterocycles. The van der Waals surface area contributed by atoms with Gasteiger partial charge in [0.25, 0.3) is 0 Å². The summed E-state index contributed by atoms with van der Waals surface area (Å²) in [4.78, 5) is 13.1. The number of ether oxygens (including phenoxy) is 1. The maximum Gasteiger partial charge on any atom is 0.129 e. The fourth-order valence-corrected chi connectivity index (χ4v) is 3.58. The number of nitrogens with zero attached hydrogens (tertiary/aromatic N) is 3. The summed E-state index contributed by atoms with van der Waals surface area (Å²) in [5, 5.41) is 3.47. The number of aryl methyl sites for hydroxylation is 1. The summed E-state index contributed by atoms with van der Waals surface area (Å²) < 4.78 is 5.89. The molecule has 0 amide bonds. The van der Waals surface area contributed by atoms with E-state index in [1.54, 1.807) is 6.33 Å². The highest BCUT2D eigenvalue weighted by atomic mass is 16.5. The molecular formula is C23H26N4O. The topological polar surface area (TPSA) is 59.9 Å². The number of benzene rings is 1. The van der Waals surface area contributed by atoms with Gasteiger partial charge in [0.05, 0.1) is 12.3 Å². The zero-order valence-electron chi connectivity index (χ0n) is 16.6. The largest absolute Gasteiger partial charge is 0.493 e. The fraction of sp³-hybridized carbons (Fsp3) is 0.348. The quantitative estimate of drug-likeness (QED) is 0.681. The zero-order valence-corrected chi connectivity index (χ0v) is 16.6. The Kier molecular flexibility index (Phi) is 5.24. The Hall–Kier alpha value is -2.95. The molecule has 2 atom stereocenters. The van der Waals surface area contributed by atoms with Crippen LogP contribution in [0, 0.1) is 12.8 Å². The van der Waals surface area contributed by atoms with Crippen LogP contribution in [0.5, 0.6) is 5.75 Å². The van der Waals surface area contributed by atoms with Crippen LogP contribution < -0.4 is 10.1 Å². The van der Waals surface area contributed by atoms with Crippen LogP contribution in [0.25, 0.3) is 11.3 Å². The Morgan fingerprint density at radius 2 is 2.00 bits per heavy atom. The predicted molar refractivity (Wildman–Crippen MR) is 112 cm³/mol. The van der Waals surface area contributed by atoms with Crippen molar-refractivity contribution in [1.29, 1.82) is 0 Å². The first-order valence-electron chi connectivity index (χ1n) is 9.85. The van der Waals surface area contributed by atoms with Crippen molar-refractivity contribution in [1.82, 2.24) is 15.0 Å². The van der Waals surface area contributed by atoms with E-state index in [4.69, 9.17) is 4.74 Å². The number of para-hydroxylation sites is 1. The normalized spacial score (nSPS) is 14.8. The number of nitrogens with one attached hydrogen (secondary N) is 1. The molecule has 0 bridgehead atoms. The molecular weight excluding hydrogens is 348 g/mol. The third-order valence-corrected chi connectivity index (χ3v) is 5.57. The highest BCUT2D eigenvalue weighted by Gasteiger charge is 2.23. The van der Waals surface area contributed by atoms with Crippen LogP contribution in [0.1, 0.15) is 36.6 Å². The number of fused-ring (bicyclic) bond motifs is 1. The second-order valence-electron chi connectivity index (χ2n) is 7.56. The minimum atomic E-state index is 0.392. The lowest BCUT2D eigenvalue weighted by Gasteiger charge is -2.23. The van der Waals surface area contributed by atoms with E-state index in [2.05, 4.69) is 52.3 Å². The molecule has 5 nitrogen and oxygen atoms in total. The van der Waals surface area contributed by atoms with Crippen molar-refractivity contribution in [3.05, 3.63) is 65.7 Å². The van der Waals surface area contributed by atoms with Crippen molar-refractivity contribution in [3.63, 3.8) is 0 Å². The Labute approximate surface area is 166 Å². The van der Waals surface area contributed by atoms with E-state index in [-0.39, 0.29) is 0 Å². The van der Waals surface area contributed by atoms with Crippen LogP contribution in [-0.4, -0.2) is 28.1 Å². The average Bonchev–Trinajstić information content (AvgIpc) is 3.21. The van der Waals surface area contributed by atoms with E-state index >= 15 is 0 Å². The van der Waals surface area contributed by atoms with Gasteiger partial charge in [-0.2, -0.15) is 0 Å². The number of hydrogen-bond acceptors (Lipinski definition) is 5. The van der Waals surface area contributed by atoms with Crippen molar-refractivity contribution in [3.8, 4) is 17.0 Å². The number of pyridine rings is 1. The molecule has 1 N–H and O–H groups in total. The molecule has 1 aliphatic rings. The van der Waals surface area contributed by atoms with Gasteiger partial charge in [0.1, 0.15) is 17.9 Å². The Balaban J connectivity index is 1.44. The van der Waals surface area contributed by atoms with E-state index in [1.165, 1.54) is 11.1 Å². The molecule has 0 fully saturated rings. The fourth-order valence-electron chi connectivity index (χ4n) is 3.58. The van der Waals surface area contributed by atoms with Crippen molar-refractivity contribution < 1.29 is 4.74 Å². The first-order valence-corrected chi connectivity index (χ1v) is 9.85. The molecule has 5 heteroatoms. The van der Waals surface area contributed by atoms with Gasteiger partial charge in [0.15, 0.2) is 0 Å². The molecule has 144 valence electrons. The summed E-state index contributed by atoms with van der Waals surface area (Å²) in [7, 11) is 0. The Morgan fingerprint density at radius 1 is 1.11 bits per heavy atom. The second-order valence-corrected chi connectivity index (χ2v) is 7.56. The third kappa shape index (κ3) is 3.84. The maximum absolute atomic E-state index is 5.89. The van der Waals surface area contributed by atoms with E-state index < -0.39 is 0 Å². The average molecular weight is 374 g/mol. The van der Waals surface area contributed by atoms with Crippen molar-refractivity contribution in [2.24, 2.45) is 5.92 Å². The molecule has 28 heavy (non-hydrogen) atoms. The third-order valence-electron chi connectivity index (χ3n) is 5.57. The van der Waals surface area contributed by atoms with Crippen molar-refractivity contribution in [2.45, 2.75) is 33.1 Å². The summed E-state index contributed by atoms with van der Waals surface area (Å²) in [6.45, 7) is 8.13. The van der Waals surface area contributed by atoms with Crippen LogP contribution >= 0.6 is 0 Å². The summed E-state index contributed by atoms with van der Waals surface area (Å²) >= 11 is 0. The van der Waals surface area contributed by atoms with E-state index in [0.717, 1.165) is 48.1 Å². The van der Waals surface area contributed by atoms with Gasteiger partial charge in [-0.15, -0.1) is 0 Å². The summed E-state index contributed by atoms with van der Waals surface area (Å²) in [6.07, 6.45) is 4.46. The summed E-state index contributed by atoms with van der Waals surface area (Å²) in [5.41, 5.74) is 5.50. The van der Waals surface area contributed by atoms with Gasteiger partial charge in [-0.05, 0) is 42.0 Å². The molecule has 0 saturated carbocycles. The predicted octanol–water partition coefficient (Wildman–Crippen LogP) is 4.63. The highest BCUT2D eigenvalue weighted by Crippen LogP contribution is 2.37. The maximum atomic E-state index is 5.89. The SMILES string of the molecule is Cc1ccc(-c2cc(NC[C@@H](C)C(C)c3cccc4c3OCC4)ncn2)cn1. The van der Waals surface area contributed by atoms with Crippen molar-refractivity contribution in [2.75, 3.05) is 18.5 Å². The lowest BCUT2D eigenvalue weighted by Crippen LogP contribution is -2.18. The smallest absolute Gasteiger partial charge is 0.129 e. The van der Waals surface area contributed by atoms with Gasteiger partial charge in [0.2, 0.25) is 0 Å². The number of rotatable bonds is 6. The molecule has 1 aliphatic heterocycles. The second kappa shape index (κ2) is 7.97. The molecule has 3 heterocycles. The highest BCUT2D eigenvalue weighted by molar-refractivity contribution is 5.61. The minimum absolute atomic E-state index is 0.392. The number of hydrogen-bond donors (Lipinski definition) is 1. The van der Waals surface area contributed by atoms with Gasteiger partial charge >= 0.3 is 0 Å². The van der Waals surface area contributed by atoms with Crippen LogP contribution in [-0.2, 0) is 6.42 Å². The van der Waals surface area contributed by atoms with E-state index in [9.17, 15) is 0 Å².